The van der Waals surface area contributed by atoms with Gasteiger partial charge in [-0.15, -0.1) is 0 Å². The molecule has 0 aromatic carbocycles. The van der Waals surface area contributed by atoms with Crippen molar-refractivity contribution < 1.29 is 9.53 Å². The topological polar surface area (TPSA) is 26.3 Å². The first-order chi connectivity index (χ1) is 3.66. The van der Waals surface area contributed by atoms with Crippen molar-refractivity contribution in [3.63, 3.8) is 0 Å². The zero-order valence-corrected chi connectivity index (χ0v) is 5.83. The van der Waals surface area contributed by atoms with Gasteiger partial charge in [0.15, 0.2) is 0 Å². The van der Waals surface area contributed by atoms with E-state index in [0.29, 0.717) is 6.42 Å². The molecular formula is C5H9O2S. The van der Waals surface area contributed by atoms with Crippen molar-refractivity contribution in [2.75, 3.05) is 7.11 Å². The molecule has 0 aromatic rings. The third-order valence-electron chi connectivity index (χ3n) is 0.682. The van der Waals surface area contributed by atoms with Crippen LogP contribution >= 0.6 is 12.6 Å². The van der Waals surface area contributed by atoms with Gasteiger partial charge in [-0.05, 0) is 0 Å². The molecule has 8 heavy (non-hydrogen) atoms. The van der Waals surface area contributed by atoms with Crippen LogP contribution in [0.15, 0.2) is 0 Å². The highest BCUT2D eigenvalue weighted by atomic mass is 32.1. The van der Waals surface area contributed by atoms with E-state index < -0.39 is 0 Å². The highest BCUT2D eigenvalue weighted by Gasteiger charge is 2.03. The predicted molar refractivity (Wildman–Crippen MR) is 33.7 cm³/mol. The minimum Gasteiger partial charge on any atom is -0.469 e. The molecule has 0 bridgehead atoms. The molecule has 0 amide bonds. The molecule has 0 aliphatic heterocycles. The van der Waals surface area contributed by atoms with Crippen molar-refractivity contribution in [2.45, 2.75) is 18.6 Å². The summed E-state index contributed by atoms with van der Waals surface area (Å²) in [6, 6.07) is 0. The Balaban J connectivity index is 3.25. The first-order valence-corrected chi connectivity index (χ1v) is 2.86. The molecule has 47 valence electrons. The van der Waals surface area contributed by atoms with Gasteiger partial charge in [-0.3, -0.25) is 4.79 Å². The Morgan fingerprint density at radius 2 is 2.38 bits per heavy atom. The van der Waals surface area contributed by atoms with Crippen LogP contribution in [-0.2, 0) is 9.53 Å². The Bertz CT molecular complexity index is 80.5. The van der Waals surface area contributed by atoms with Crippen LogP contribution in [0.25, 0.3) is 0 Å². The standard InChI is InChI=1S/C5H9O2S/c1-4(8)3-5(6)7-2/h4H,3H2,1-2H3. The molecule has 0 N–H and O–H groups in total. The molecule has 2 nitrogen and oxygen atoms in total. The van der Waals surface area contributed by atoms with Crippen molar-refractivity contribution in [1.29, 1.82) is 0 Å². The predicted octanol–water partition coefficient (Wildman–Crippen LogP) is 1.14. The number of methoxy groups -OCH3 is 1. The first kappa shape index (κ1) is 7.82. The summed E-state index contributed by atoms with van der Waals surface area (Å²) in [4.78, 5) is 10.3. The normalized spacial score (nSPS) is 12.9. The van der Waals surface area contributed by atoms with E-state index in [2.05, 4.69) is 4.74 Å². The highest BCUT2D eigenvalue weighted by Crippen LogP contribution is 1.98. The summed E-state index contributed by atoms with van der Waals surface area (Å²) in [5.41, 5.74) is 0. The van der Waals surface area contributed by atoms with E-state index in [1.165, 1.54) is 7.11 Å². The number of ether oxygens (including phenoxy) is 1. The van der Waals surface area contributed by atoms with Crippen LogP contribution in [0.1, 0.15) is 13.3 Å². The van der Waals surface area contributed by atoms with Crippen molar-refractivity contribution in [3.05, 3.63) is 0 Å². The molecule has 0 saturated carbocycles. The SMILES string of the molecule is COC(=O)CC(C)[S]. The van der Waals surface area contributed by atoms with Crippen LogP contribution in [0.4, 0.5) is 0 Å². The average Bonchev–Trinajstić information content (AvgIpc) is 1.65. The van der Waals surface area contributed by atoms with Gasteiger partial charge in [0, 0.05) is 5.25 Å². The lowest BCUT2D eigenvalue weighted by Gasteiger charge is -1.98. The number of hydrogen-bond acceptors (Lipinski definition) is 2. The molecule has 1 unspecified atom stereocenters. The molecule has 0 rings (SSSR count). The van der Waals surface area contributed by atoms with Crippen LogP contribution in [0.5, 0.6) is 0 Å². The summed E-state index contributed by atoms with van der Waals surface area (Å²) in [5, 5.41) is -0.0116. The molecule has 0 fully saturated rings. The lowest BCUT2D eigenvalue weighted by molar-refractivity contribution is -0.140. The summed E-state index contributed by atoms with van der Waals surface area (Å²) in [6.45, 7) is 1.80. The Morgan fingerprint density at radius 1 is 1.88 bits per heavy atom. The van der Waals surface area contributed by atoms with E-state index >= 15 is 0 Å². The van der Waals surface area contributed by atoms with Crippen molar-refractivity contribution >= 4 is 18.6 Å². The first-order valence-electron chi connectivity index (χ1n) is 2.39. The Morgan fingerprint density at radius 3 is 2.50 bits per heavy atom. The zero-order chi connectivity index (χ0) is 6.57. The van der Waals surface area contributed by atoms with E-state index in [9.17, 15) is 4.79 Å². The third-order valence-corrected chi connectivity index (χ3v) is 0.848. The summed E-state index contributed by atoms with van der Waals surface area (Å²) in [6.07, 6.45) is 0.339. The minimum atomic E-state index is -0.229. The minimum absolute atomic E-state index is 0.0116. The molecule has 0 aromatic heterocycles. The van der Waals surface area contributed by atoms with Crippen LogP contribution < -0.4 is 0 Å². The molecular weight excluding hydrogens is 124 g/mol. The largest absolute Gasteiger partial charge is 0.469 e. The van der Waals surface area contributed by atoms with E-state index in [1.807, 2.05) is 0 Å². The molecule has 0 aliphatic carbocycles. The van der Waals surface area contributed by atoms with E-state index in [4.69, 9.17) is 12.6 Å². The molecule has 1 atom stereocenters. The zero-order valence-electron chi connectivity index (χ0n) is 5.01. The van der Waals surface area contributed by atoms with Crippen LogP contribution in [-0.4, -0.2) is 18.3 Å². The van der Waals surface area contributed by atoms with Crippen molar-refractivity contribution in [2.24, 2.45) is 0 Å². The van der Waals surface area contributed by atoms with Crippen LogP contribution in [0.2, 0.25) is 0 Å². The van der Waals surface area contributed by atoms with Gasteiger partial charge < -0.3 is 4.74 Å². The maximum atomic E-state index is 10.3. The van der Waals surface area contributed by atoms with Gasteiger partial charge in [-0.25, -0.2) is 0 Å². The van der Waals surface area contributed by atoms with Gasteiger partial charge >= 0.3 is 5.97 Å². The van der Waals surface area contributed by atoms with Gasteiger partial charge in [-0.1, -0.05) is 19.6 Å². The Kier molecular flexibility index (Phi) is 3.69. The summed E-state index contributed by atoms with van der Waals surface area (Å²) < 4.78 is 4.36. The van der Waals surface area contributed by atoms with Gasteiger partial charge in [0.2, 0.25) is 0 Å². The fourth-order valence-electron chi connectivity index (χ4n) is 0.318. The molecule has 0 saturated heterocycles. The fraction of sp³-hybridized carbons (Fsp3) is 0.800. The van der Waals surface area contributed by atoms with Crippen molar-refractivity contribution in [3.8, 4) is 0 Å². The summed E-state index contributed by atoms with van der Waals surface area (Å²) >= 11 is 4.72. The van der Waals surface area contributed by atoms with E-state index in [-0.39, 0.29) is 11.2 Å². The maximum absolute atomic E-state index is 10.3. The van der Waals surface area contributed by atoms with Crippen LogP contribution in [0, 0.1) is 0 Å². The number of esters is 1. The quantitative estimate of drug-likeness (QED) is 0.528. The second-order valence-electron chi connectivity index (χ2n) is 1.59. The van der Waals surface area contributed by atoms with Gasteiger partial charge in [0.1, 0.15) is 0 Å². The van der Waals surface area contributed by atoms with E-state index in [1.54, 1.807) is 6.92 Å². The Labute approximate surface area is 54.6 Å². The van der Waals surface area contributed by atoms with Gasteiger partial charge in [-0.2, -0.15) is 0 Å². The van der Waals surface area contributed by atoms with Gasteiger partial charge in [0.25, 0.3) is 0 Å². The lowest BCUT2D eigenvalue weighted by Crippen LogP contribution is -2.05. The van der Waals surface area contributed by atoms with Gasteiger partial charge in [0.05, 0.1) is 13.5 Å². The van der Waals surface area contributed by atoms with Crippen LogP contribution in [0.3, 0.4) is 0 Å². The summed E-state index contributed by atoms with van der Waals surface area (Å²) in [5.74, 6) is -0.229. The van der Waals surface area contributed by atoms with Crippen molar-refractivity contribution in [1.82, 2.24) is 0 Å². The highest BCUT2D eigenvalue weighted by molar-refractivity contribution is 7.80. The second kappa shape index (κ2) is 3.78. The molecule has 0 spiro atoms. The summed E-state index contributed by atoms with van der Waals surface area (Å²) in [7, 11) is 1.36. The number of carbonyl (C=O) groups is 1. The maximum Gasteiger partial charge on any atom is 0.306 e. The fourth-order valence-corrected chi connectivity index (χ4v) is 0.454. The average molecular weight is 133 g/mol. The molecule has 0 aliphatic rings. The monoisotopic (exact) mass is 133 g/mol. The third kappa shape index (κ3) is 3.99. The lowest BCUT2D eigenvalue weighted by atomic mass is 10.3. The Hall–Kier alpha value is -0.180. The molecule has 1 radical (unpaired) electrons. The smallest absolute Gasteiger partial charge is 0.306 e. The molecule has 0 heterocycles. The number of rotatable bonds is 2. The number of carbonyl (C=O) groups excluding carboxylic acids is 1. The van der Waals surface area contributed by atoms with E-state index in [0.717, 1.165) is 0 Å². The number of hydrogen-bond donors (Lipinski definition) is 0. The second-order valence-corrected chi connectivity index (χ2v) is 2.40. The molecule has 3 heteroatoms.